The monoisotopic (exact) mass is 306 g/mol. The van der Waals surface area contributed by atoms with Crippen molar-refractivity contribution < 1.29 is 19.0 Å². The normalized spacial score (nSPS) is 11.2. The molecule has 0 aliphatic heterocycles. The largest absolute Gasteiger partial charge is 0.508 e. The second kappa shape index (κ2) is 4.95. The third-order valence-electron chi connectivity index (χ3n) is 3.86. The Morgan fingerprint density at radius 3 is 2.39 bits per heavy atom. The van der Waals surface area contributed by atoms with Crippen molar-refractivity contribution in [3.05, 3.63) is 60.4 Å². The van der Waals surface area contributed by atoms with Crippen LogP contribution in [0.25, 0.3) is 33.6 Å². The minimum Gasteiger partial charge on any atom is -0.508 e. The highest BCUT2D eigenvalue weighted by atomic mass is 16.3. The van der Waals surface area contributed by atoms with Crippen LogP contribution in [0.4, 0.5) is 0 Å². The van der Waals surface area contributed by atoms with Gasteiger partial charge in [0.25, 0.3) is 0 Å². The Labute approximate surface area is 132 Å². The molecule has 0 fully saturated rings. The van der Waals surface area contributed by atoms with Gasteiger partial charge in [-0.25, -0.2) is 0 Å². The van der Waals surface area contributed by atoms with Gasteiger partial charge in [-0.1, -0.05) is 0 Å². The molecule has 4 rings (SSSR count). The van der Waals surface area contributed by atoms with E-state index in [1.54, 1.807) is 42.7 Å². The number of aromatic hydroxyl groups is 2. The maximum absolute atomic E-state index is 9.94. The minimum absolute atomic E-state index is 0.181. The fourth-order valence-electron chi connectivity index (χ4n) is 2.83. The first kappa shape index (κ1) is 13.5. The van der Waals surface area contributed by atoms with Crippen LogP contribution in [0.1, 0.15) is 5.56 Å². The van der Waals surface area contributed by atoms with Gasteiger partial charge in [0, 0.05) is 10.9 Å². The molecule has 0 bridgehead atoms. The van der Waals surface area contributed by atoms with Crippen molar-refractivity contribution in [1.82, 2.24) is 0 Å². The van der Waals surface area contributed by atoms with Crippen LogP contribution in [0.15, 0.2) is 63.6 Å². The Morgan fingerprint density at radius 1 is 0.913 bits per heavy atom. The van der Waals surface area contributed by atoms with E-state index in [2.05, 4.69) is 0 Å². The zero-order chi connectivity index (χ0) is 16.0. The van der Waals surface area contributed by atoms with Gasteiger partial charge in [-0.2, -0.15) is 0 Å². The van der Waals surface area contributed by atoms with E-state index >= 15 is 0 Å². The lowest BCUT2D eigenvalue weighted by Gasteiger charge is -2.01. The highest BCUT2D eigenvalue weighted by molar-refractivity contribution is 6.02. The molecule has 0 spiro atoms. The topological polar surface area (TPSA) is 66.7 Å². The highest BCUT2D eigenvalue weighted by Gasteiger charge is 2.21. The van der Waals surface area contributed by atoms with E-state index in [0.717, 1.165) is 22.1 Å². The average Bonchev–Trinajstić information content (AvgIpc) is 3.14. The molecule has 0 aliphatic carbocycles. The molecule has 4 nitrogen and oxygen atoms in total. The van der Waals surface area contributed by atoms with Gasteiger partial charge in [-0.3, -0.25) is 0 Å². The van der Waals surface area contributed by atoms with E-state index < -0.39 is 0 Å². The number of phenolic OH excluding ortho intramolecular Hbond substituents is 2. The van der Waals surface area contributed by atoms with Crippen molar-refractivity contribution in [3.63, 3.8) is 0 Å². The summed E-state index contributed by atoms with van der Waals surface area (Å²) >= 11 is 0. The molecule has 23 heavy (non-hydrogen) atoms. The standard InChI is InChI=1S/C19H14O4/c1-11-9-14(21)10-15-17(16-3-2-8-22-16)19(23-18(11)15)12-4-6-13(20)7-5-12/h2-10,20-21H,1H3. The van der Waals surface area contributed by atoms with Crippen LogP contribution >= 0.6 is 0 Å². The van der Waals surface area contributed by atoms with Crippen molar-refractivity contribution >= 4 is 11.0 Å². The van der Waals surface area contributed by atoms with Crippen LogP contribution in [-0.2, 0) is 0 Å². The van der Waals surface area contributed by atoms with Crippen LogP contribution < -0.4 is 0 Å². The van der Waals surface area contributed by atoms with Gasteiger partial charge in [-0.15, -0.1) is 0 Å². The van der Waals surface area contributed by atoms with Gasteiger partial charge < -0.3 is 19.0 Å². The van der Waals surface area contributed by atoms with Crippen LogP contribution in [0.3, 0.4) is 0 Å². The number of phenols is 2. The van der Waals surface area contributed by atoms with Gasteiger partial charge in [0.15, 0.2) is 0 Å². The molecule has 0 aliphatic rings. The minimum atomic E-state index is 0.181. The lowest BCUT2D eigenvalue weighted by Crippen LogP contribution is -1.79. The summed E-state index contributed by atoms with van der Waals surface area (Å²) in [5.74, 6) is 1.68. The number of hydrogen-bond donors (Lipinski definition) is 2. The quantitative estimate of drug-likeness (QED) is 0.542. The van der Waals surface area contributed by atoms with Gasteiger partial charge in [0.2, 0.25) is 0 Å². The molecule has 2 aromatic heterocycles. The van der Waals surface area contributed by atoms with E-state index in [0.29, 0.717) is 17.1 Å². The van der Waals surface area contributed by atoms with Crippen molar-refractivity contribution in [2.75, 3.05) is 0 Å². The van der Waals surface area contributed by atoms with Crippen LogP contribution in [-0.4, -0.2) is 10.2 Å². The van der Waals surface area contributed by atoms with Crippen LogP contribution in [0, 0.1) is 6.92 Å². The van der Waals surface area contributed by atoms with E-state index in [1.807, 2.05) is 19.1 Å². The van der Waals surface area contributed by atoms with Crippen molar-refractivity contribution in [1.29, 1.82) is 0 Å². The van der Waals surface area contributed by atoms with E-state index in [4.69, 9.17) is 8.83 Å². The zero-order valence-electron chi connectivity index (χ0n) is 12.4. The Kier molecular flexibility index (Phi) is 2.91. The second-order valence-electron chi connectivity index (χ2n) is 5.47. The van der Waals surface area contributed by atoms with Crippen LogP contribution in [0.2, 0.25) is 0 Å². The Morgan fingerprint density at radius 2 is 1.70 bits per heavy atom. The zero-order valence-corrected chi connectivity index (χ0v) is 12.4. The summed E-state index contributed by atoms with van der Waals surface area (Å²) in [6.45, 7) is 1.89. The highest BCUT2D eigenvalue weighted by Crippen LogP contribution is 2.43. The molecule has 4 aromatic rings. The Hall–Kier alpha value is -3.14. The van der Waals surface area contributed by atoms with E-state index in [1.165, 1.54) is 0 Å². The summed E-state index contributed by atoms with van der Waals surface area (Å²) in [7, 11) is 0. The van der Waals surface area contributed by atoms with E-state index in [-0.39, 0.29) is 11.5 Å². The molecule has 0 unspecified atom stereocenters. The molecule has 2 N–H and O–H groups in total. The number of rotatable bonds is 2. The molecule has 2 aromatic carbocycles. The van der Waals surface area contributed by atoms with Crippen molar-refractivity contribution in [2.24, 2.45) is 0 Å². The fraction of sp³-hybridized carbons (Fsp3) is 0.0526. The predicted octanol–water partition coefficient (Wildman–Crippen LogP) is 5.08. The molecule has 4 heteroatoms. The van der Waals surface area contributed by atoms with Crippen molar-refractivity contribution in [3.8, 4) is 34.1 Å². The summed E-state index contributed by atoms with van der Waals surface area (Å²) in [5.41, 5.74) is 3.16. The first-order valence-electron chi connectivity index (χ1n) is 7.23. The summed E-state index contributed by atoms with van der Waals surface area (Å²) < 4.78 is 11.6. The lowest BCUT2D eigenvalue weighted by molar-refractivity contribution is 0.474. The van der Waals surface area contributed by atoms with Gasteiger partial charge >= 0.3 is 0 Å². The summed E-state index contributed by atoms with van der Waals surface area (Å²) in [6, 6.07) is 13.8. The number of aryl methyl sites for hydroxylation is 1. The first-order chi connectivity index (χ1) is 11.1. The number of furan rings is 2. The molecule has 0 atom stereocenters. The van der Waals surface area contributed by atoms with Gasteiger partial charge in [0.1, 0.15) is 28.6 Å². The third kappa shape index (κ3) is 2.16. The molecular formula is C19H14O4. The maximum Gasteiger partial charge on any atom is 0.146 e. The predicted molar refractivity (Wildman–Crippen MR) is 87.4 cm³/mol. The number of fused-ring (bicyclic) bond motifs is 1. The van der Waals surface area contributed by atoms with Gasteiger partial charge in [-0.05, 0) is 61.0 Å². The molecule has 114 valence electrons. The molecule has 0 amide bonds. The molecule has 2 heterocycles. The van der Waals surface area contributed by atoms with E-state index in [9.17, 15) is 10.2 Å². The number of hydrogen-bond acceptors (Lipinski definition) is 4. The van der Waals surface area contributed by atoms with Crippen LogP contribution in [0.5, 0.6) is 11.5 Å². The molecule has 0 saturated carbocycles. The maximum atomic E-state index is 9.94. The summed E-state index contributed by atoms with van der Waals surface area (Å²) in [4.78, 5) is 0. The smallest absolute Gasteiger partial charge is 0.146 e. The van der Waals surface area contributed by atoms with Gasteiger partial charge in [0.05, 0.1) is 11.8 Å². The first-order valence-corrected chi connectivity index (χ1v) is 7.23. The second-order valence-corrected chi connectivity index (χ2v) is 5.47. The third-order valence-corrected chi connectivity index (χ3v) is 3.86. The SMILES string of the molecule is Cc1cc(O)cc2c(-c3ccco3)c(-c3ccc(O)cc3)oc12. The lowest BCUT2D eigenvalue weighted by atomic mass is 10.0. The Balaban J connectivity index is 2.09. The fourth-order valence-corrected chi connectivity index (χ4v) is 2.83. The van der Waals surface area contributed by atoms with Crippen molar-refractivity contribution in [2.45, 2.75) is 6.92 Å². The Bertz CT molecular complexity index is 977. The molecule has 0 radical (unpaired) electrons. The average molecular weight is 306 g/mol. The molecular weight excluding hydrogens is 292 g/mol. The summed E-state index contributed by atoms with van der Waals surface area (Å²) in [6.07, 6.45) is 1.60. The number of benzene rings is 2. The molecule has 0 saturated heterocycles. The summed E-state index contributed by atoms with van der Waals surface area (Å²) in [5, 5.41) is 20.2.